The van der Waals surface area contributed by atoms with Crippen molar-refractivity contribution in [3.8, 4) is 0 Å². The molecule has 0 spiro atoms. The van der Waals surface area contributed by atoms with Crippen LogP contribution in [0.25, 0.3) is 0 Å². The summed E-state index contributed by atoms with van der Waals surface area (Å²) in [5.74, 6) is -1.26. The number of carboxylic acids is 1. The minimum absolute atomic E-state index is 0.0301. The molecule has 1 fully saturated rings. The topological polar surface area (TPSA) is 133 Å². The number of Topliss-reactive ketones (excluding diaryl/α,β-unsaturated/α-hetero) is 1. The first-order chi connectivity index (χ1) is 16.6. The fourth-order valence-electron chi connectivity index (χ4n) is 4.40. The van der Waals surface area contributed by atoms with Crippen LogP contribution in [0.5, 0.6) is 0 Å². The van der Waals surface area contributed by atoms with Crippen molar-refractivity contribution in [3.63, 3.8) is 0 Å². The van der Waals surface area contributed by atoms with E-state index in [1.807, 2.05) is 0 Å². The molecule has 11 heteroatoms. The van der Waals surface area contributed by atoms with Gasteiger partial charge in [0.15, 0.2) is 5.78 Å². The molecule has 9 nitrogen and oxygen atoms in total. The van der Waals surface area contributed by atoms with E-state index in [1.165, 1.54) is 12.1 Å². The fourth-order valence-corrected chi connectivity index (χ4v) is 5.58. The second-order valence-corrected chi connectivity index (χ2v) is 10.3. The summed E-state index contributed by atoms with van der Waals surface area (Å²) in [5, 5.41) is 11.9. The van der Waals surface area contributed by atoms with Crippen LogP contribution in [0.4, 0.5) is 16.2 Å². The average Bonchev–Trinajstić information content (AvgIpc) is 2.84. The lowest BCUT2D eigenvalue weighted by molar-refractivity contribution is -0.132. The van der Waals surface area contributed by atoms with Gasteiger partial charge in [-0.15, -0.1) is 0 Å². The molecule has 2 aromatic carbocycles. The number of carbonyl (C=O) groups excluding carboxylic acids is 3. The van der Waals surface area contributed by atoms with Crippen molar-refractivity contribution in [2.75, 3.05) is 24.1 Å². The predicted molar refractivity (Wildman–Crippen MR) is 137 cm³/mol. The first-order valence-corrected chi connectivity index (χ1v) is 12.7. The molecule has 4 rings (SSSR count). The lowest BCUT2D eigenvalue weighted by Gasteiger charge is -2.40. The standard InChI is InChI=1S/C24H24Br2N4O5/c25-17-9-15(10-18(26)22(17)27)20(31)3-4-21(32)29-7-5-16(6-8-29)30-12-14-2-1-13(23(33)34)11-19(14)28-24(30)35/h1-2,9-11,16H,3-8,12,27H2,(H,28,35)(H,33,34). The molecule has 4 N–H and O–H groups in total. The molecule has 1 saturated heterocycles. The van der Waals surface area contributed by atoms with Gasteiger partial charge in [-0.05, 0) is 74.5 Å². The summed E-state index contributed by atoms with van der Waals surface area (Å²) in [4.78, 5) is 52.6. The van der Waals surface area contributed by atoms with Crippen LogP contribution in [-0.4, -0.2) is 57.7 Å². The van der Waals surface area contributed by atoms with Crippen LogP contribution in [0.2, 0.25) is 0 Å². The number of likely N-dealkylation sites (tertiary alicyclic amines) is 1. The van der Waals surface area contributed by atoms with Gasteiger partial charge in [0.1, 0.15) is 0 Å². The zero-order valence-corrected chi connectivity index (χ0v) is 21.9. The van der Waals surface area contributed by atoms with Gasteiger partial charge < -0.3 is 26.0 Å². The van der Waals surface area contributed by atoms with E-state index < -0.39 is 5.97 Å². The van der Waals surface area contributed by atoms with Gasteiger partial charge in [-0.3, -0.25) is 9.59 Å². The third-order valence-electron chi connectivity index (χ3n) is 6.42. The summed E-state index contributed by atoms with van der Waals surface area (Å²) in [7, 11) is 0. The van der Waals surface area contributed by atoms with Gasteiger partial charge in [0.25, 0.3) is 0 Å². The smallest absolute Gasteiger partial charge is 0.335 e. The van der Waals surface area contributed by atoms with Gasteiger partial charge in [0, 0.05) is 58.7 Å². The van der Waals surface area contributed by atoms with Crippen molar-refractivity contribution in [2.45, 2.75) is 38.3 Å². The Bertz CT molecular complexity index is 1190. The number of halogens is 2. The SMILES string of the molecule is Nc1c(Br)cc(C(=O)CCC(=O)N2CCC(N3Cc4ccc(C(=O)O)cc4NC3=O)CC2)cc1Br. The van der Waals surface area contributed by atoms with Crippen molar-refractivity contribution in [2.24, 2.45) is 0 Å². The number of nitrogens with two attached hydrogens (primary N) is 1. The number of nitrogens with one attached hydrogen (secondary N) is 1. The first kappa shape index (κ1) is 25.2. The molecule has 2 heterocycles. The van der Waals surface area contributed by atoms with E-state index in [2.05, 4.69) is 37.2 Å². The molecule has 35 heavy (non-hydrogen) atoms. The first-order valence-electron chi connectivity index (χ1n) is 11.1. The number of piperidine rings is 1. The number of hydrogen-bond donors (Lipinski definition) is 3. The molecule has 0 aliphatic carbocycles. The van der Waals surface area contributed by atoms with Crippen LogP contribution in [-0.2, 0) is 11.3 Å². The quantitative estimate of drug-likeness (QED) is 0.327. The maximum atomic E-state index is 12.7. The lowest BCUT2D eigenvalue weighted by Crippen LogP contribution is -2.51. The van der Waals surface area contributed by atoms with Crippen LogP contribution < -0.4 is 11.1 Å². The molecule has 0 atom stereocenters. The van der Waals surface area contributed by atoms with Crippen molar-refractivity contribution >= 4 is 66.9 Å². The minimum atomic E-state index is -1.04. The van der Waals surface area contributed by atoms with Crippen molar-refractivity contribution < 1.29 is 24.3 Å². The van der Waals surface area contributed by atoms with Crippen LogP contribution in [0.3, 0.4) is 0 Å². The molecule has 0 saturated carbocycles. The summed E-state index contributed by atoms with van der Waals surface area (Å²) < 4.78 is 1.24. The molecule has 2 aliphatic rings. The summed E-state index contributed by atoms with van der Waals surface area (Å²) in [6.07, 6.45) is 1.48. The maximum Gasteiger partial charge on any atom is 0.335 e. The number of carbonyl (C=O) groups is 4. The van der Waals surface area contributed by atoms with Crippen molar-refractivity contribution in [3.05, 3.63) is 56.0 Å². The third kappa shape index (κ3) is 5.51. The zero-order valence-electron chi connectivity index (χ0n) is 18.7. The Labute approximate surface area is 218 Å². The monoisotopic (exact) mass is 606 g/mol. The Kier molecular flexibility index (Phi) is 7.46. The highest BCUT2D eigenvalue weighted by molar-refractivity contribution is 9.11. The number of aromatic carboxylic acids is 1. The Balaban J connectivity index is 1.30. The van der Waals surface area contributed by atoms with Crippen molar-refractivity contribution in [1.29, 1.82) is 0 Å². The molecule has 0 aromatic heterocycles. The molecule has 0 radical (unpaired) electrons. The minimum Gasteiger partial charge on any atom is -0.478 e. The Morgan fingerprint density at radius 3 is 2.31 bits per heavy atom. The number of urea groups is 1. The van der Waals surface area contributed by atoms with E-state index in [4.69, 9.17) is 10.8 Å². The van der Waals surface area contributed by atoms with Crippen LogP contribution >= 0.6 is 31.9 Å². The van der Waals surface area contributed by atoms with E-state index in [9.17, 15) is 19.2 Å². The molecular weight excluding hydrogens is 584 g/mol. The highest BCUT2D eigenvalue weighted by atomic mass is 79.9. The number of nitrogens with zero attached hydrogens (tertiary/aromatic N) is 2. The Morgan fingerprint density at radius 2 is 1.69 bits per heavy atom. The summed E-state index contributed by atoms with van der Waals surface area (Å²) in [6.45, 7) is 1.40. The number of amides is 3. The van der Waals surface area contributed by atoms with Gasteiger partial charge in [-0.1, -0.05) is 6.07 Å². The molecule has 2 aliphatic heterocycles. The predicted octanol–water partition coefficient (Wildman–Crippen LogP) is 4.49. The molecule has 3 amide bonds. The van der Waals surface area contributed by atoms with Crippen LogP contribution in [0.15, 0.2) is 39.3 Å². The second-order valence-electron chi connectivity index (χ2n) is 8.62. The molecule has 184 valence electrons. The molecular formula is C24H24Br2N4O5. The van der Waals surface area contributed by atoms with E-state index in [1.54, 1.807) is 28.0 Å². The number of anilines is 2. The number of hydrogen-bond acceptors (Lipinski definition) is 5. The second kappa shape index (κ2) is 10.4. The van der Waals surface area contributed by atoms with Gasteiger partial charge >= 0.3 is 12.0 Å². The number of benzene rings is 2. The van der Waals surface area contributed by atoms with Crippen molar-refractivity contribution in [1.82, 2.24) is 9.80 Å². The highest BCUT2D eigenvalue weighted by Gasteiger charge is 2.33. The number of fused-ring (bicyclic) bond motifs is 1. The number of carboxylic acid groups (broad SMARTS) is 1. The number of rotatable bonds is 6. The van der Waals surface area contributed by atoms with E-state index >= 15 is 0 Å². The van der Waals surface area contributed by atoms with E-state index in [0.29, 0.717) is 58.4 Å². The normalized spacial score (nSPS) is 16.0. The summed E-state index contributed by atoms with van der Waals surface area (Å²) in [6, 6.07) is 7.73. The van der Waals surface area contributed by atoms with Gasteiger partial charge in [0.2, 0.25) is 5.91 Å². The maximum absolute atomic E-state index is 12.7. The molecule has 0 bridgehead atoms. The number of nitrogen functional groups attached to an aromatic ring is 1. The largest absolute Gasteiger partial charge is 0.478 e. The third-order valence-corrected chi connectivity index (χ3v) is 7.74. The van der Waals surface area contributed by atoms with Gasteiger partial charge in [-0.2, -0.15) is 0 Å². The van der Waals surface area contributed by atoms with E-state index in [0.717, 1.165) is 5.56 Å². The van der Waals surface area contributed by atoms with E-state index in [-0.39, 0.29) is 42.2 Å². The summed E-state index contributed by atoms with van der Waals surface area (Å²) in [5.41, 5.74) is 8.36. The van der Waals surface area contributed by atoms with Crippen LogP contribution in [0.1, 0.15) is 52.0 Å². The Hall–Kier alpha value is -2.92. The lowest BCUT2D eigenvalue weighted by atomic mass is 9.99. The fraction of sp³-hybridized carbons (Fsp3) is 0.333. The number of ketones is 1. The zero-order chi connectivity index (χ0) is 25.3. The average molecular weight is 608 g/mol. The highest BCUT2D eigenvalue weighted by Crippen LogP contribution is 2.31. The molecule has 2 aromatic rings. The van der Waals surface area contributed by atoms with Gasteiger partial charge in [0.05, 0.1) is 11.3 Å². The van der Waals surface area contributed by atoms with Gasteiger partial charge in [-0.25, -0.2) is 9.59 Å². The summed E-state index contributed by atoms with van der Waals surface area (Å²) >= 11 is 6.66. The van der Waals surface area contributed by atoms with Crippen LogP contribution in [0, 0.1) is 0 Å². The Morgan fingerprint density at radius 1 is 1.03 bits per heavy atom. The molecule has 0 unspecified atom stereocenters.